The van der Waals surface area contributed by atoms with Gasteiger partial charge in [0.2, 0.25) is 5.91 Å². The molecule has 2 aromatic carbocycles. The Balaban J connectivity index is 1.48. The number of ether oxygens (including phenoxy) is 1. The van der Waals surface area contributed by atoms with E-state index in [9.17, 15) is 9.59 Å². The number of carbonyl (C=O) groups excluding carboxylic acids is 2. The van der Waals surface area contributed by atoms with E-state index >= 15 is 0 Å². The topological polar surface area (TPSA) is 78.9 Å². The summed E-state index contributed by atoms with van der Waals surface area (Å²) in [5.74, 6) is 0.292. The lowest BCUT2D eigenvalue weighted by molar-refractivity contribution is -0.135. The quantitative estimate of drug-likeness (QED) is 0.768. The second kappa shape index (κ2) is 9.90. The van der Waals surface area contributed by atoms with Gasteiger partial charge in [-0.3, -0.25) is 9.59 Å². The summed E-state index contributed by atoms with van der Waals surface area (Å²) in [6.07, 6.45) is 2.20. The number of carbonyl (C=O) groups is 2. The maximum atomic E-state index is 12.4. The highest BCUT2D eigenvalue weighted by Gasteiger charge is 2.23. The van der Waals surface area contributed by atoms with Crippen molar-refractivity contribution in [3.63, 3.8) is 0 Å². The molecule has 3 rings (SSSR count). The summed E-state index contributed by atoms with van der Waals surface area (Å²) in [6.45, 7) is 1.27. The summed E-state index contributed by atoms with van der Waals surface area (Å²) in [5.41, 5.74) is 1.75. The lowest BCUT2D eigenvalue weighted by atomic mass is 10.1. The van der Waals surface area contributed by atoms with Crippen LogP contribution in [0.5, 0.6) is 5.75 Å². The zero-order chi connectivity index (χ0) is 19.8. The molecule has 1 saturated heterocycles. The second-order valence-corrected chi connectivity index (χ2v) is 6.88. The van der Waals surface area contributed by atoms with Crippen molar-refractivity contribution in [2.75, 3.05) is 26.2 Å². The Hall–Kier alpha value is -2.86. The molecule has 0 spiro atoms. The van der Waals surface area contributed by atoms with E-state index in [0.717, 1.165) is 6.42 Å². The van der Waals surface area contributed by atoms with Gasteiger partial charge in [-0.15, -0.1) is 0 Å². The minimum Gasteiger partial charge on any atom is -0.490 e. The summed E-state index contributed by atoms with van der Waals surface area (Å²) in [5, 5.41) is 11.9. The molecule has 148 valence electrons. The van der Waals surface area contributed by atoms with E-state index in [4.69, 9.17) is 9.84 Å². The fourth-order valence-corrected chi connectivity index (χ4v) is 3.29. The minimum atomic E-state index is -0.451. The third-order valence-electron chi connectivity index (χ3n) is 4.87. The van der Waals surface area contributed by atoms with Crippen LogP contribution in [0, 0.1) is 0 Å². The van der Waals surface area contributed by atoms with E-state index in [0.29, 0.717) is 43.8 Å². The maximum absolute atomic E-state index is 12.4. The number of nitrogens with one attached hydrogen (secondary N) is 1. The first-order valence-corrected chi connectivity index (χ1v) is 9.63. The van der Waals surface area contributed by atoms with Crippen molar-refractivity contribution in [2.45, 2.75) is 25.4 Å². The largest absolute Gasteiger partial charge is 0.490 e. The number of rotatable bonds is 7. The number of nitrogens with zero attached hydrogens (tertiary/aromatic N) is 1. The number of hydrogen-bond acceptors (Lipinski definition) is 4. The van der Waals surface area contributed by atoms with Gasteiger partial charge in [-0.05, 0) is 30.2 Å². The number of aliphatic hydroxyl groups is 1. The smallest absolute Gasteiger partial charge is 0.251 e. The number of amides is 2. The number of aliphatic hydroxyl groups excluding tert-OH is 1. The fraction of sp³-hybridized carbons (Fsp3) is 0.364. The zero-order valence-corrected chi connectivity index (χ0v) is 15.8. The first kappa shape index (κ1) is 19.9. The average Bonchev–Trinajstić information content (AvgIpc) is 2.74. The summed E-state index contributed by atoms with van der Waals surface area (Å²) < 4.78 is 6.00. The lowest BCUT2D eigenvalue weighted by Crippen LogP contribution is -2.42. The van der Waals surface area contributed by atoms with Crippen LogP contribution >= 0.6 is 0 Å². The predicted molar refractivity (Wildman–Crippen MR) is 106 cm³/mol. The normalized spacial score (nSPS) is 14.5. The first-order valence-electron chi connectivity index (χ1n) is 9.63. The van der Waals surface area contributed by atoms with Crippen LogP contribution < -0.4 is 10.1 Å². The van der Waals surface area contributed by atoms with Gasteiger partial charge in [0.1, 0.15) is 18.5 Å². The molecule has 0 bridgehead atoms. The molecule has 2 N–H and O–H groups in total. The van der Waals surface area contributed by atoms with E-state index in [1.807, 2.05) is 42.5 Å². The molecule has 28 heavy (non-hydrogen) atoms. The fourth-order valence-electron chi connectivity index (χ4n) is 3.29. The highest BCUT2D eigenvalue weighted by Crippen LogP contribution is 2.20. The van der Waals surface area contributed by atoms with E-state index in [-0.39, 0.29) is 17.9 Å². The zero-order valence-electron chi connectivity index (χ0n) is 15.8. The van der Waals surface area contributed by atoms with Gasteiger partial charge in [0.25, 0.3) is 5.91 Å². The first-order chi connectivity index (χ1) is 13.7. The van der Waals surface area contributed by atoms with Crippen molar-refractivity contribution < 1.29 is 19.4 Å². The average molecular weight is 382 g/mol. The Bertz CT molecular complexity index is 786. The predicted octanol–water partition coefficient (Wildman–Crippen LogP) is 2.02. The van der Waals surface area contributed by atoms with Gasteiger partial charge in [0, 0.05) is 38.0 Å². The molecule has 2 aromatic rings. The molecule has 0 radical (unpaired) electrons. The van der Waals surface area contributed by atoms with Gasteiger partial charge >= 0.3 is 0 Å². The molecule has 6 nitrogen and oxygen atoms in total. The van der Waals surface area contributed by atoms with Crippen LogP contribution in [0.4, 0.5) is 0 Å². The molecule has 1 fully saturated rings. The van der Waals surface area contributed by atoms with Gasteiger partial charge < -0.3 is 20.1 Å². The highest BCUT2D eigenvalue weighted by atomic mass is 16.5. The molecule has 1 aliphatic heterocycles. The third-order valence-corrected chi connectivity index (χ3v) is 4.87. The van der Waals surface area contributed by atoms with E-state index < -0.39 is 6.61 Å². The summed E-state index contributed by atoms with van der Waals surface area (Å²) in [7, 11) is 0. The molecule has 0 aliphatic carbocycles. The Morgan fingerprint density at radius 3 is 2.54 bits per heavy atom. The van der Waals surface area contributed by atoms with Crippen molar-refractivity contribution in [3.8, 4) is 5.75 Å². The van der Waals surface area contributed by atoms with E-state index in [1.165, 1.54) is 5.56 Å². The molecule has 0 aromatic heterocycles. The van der Waals surface area contributed by atoms with Gasteiger partial charge in [-0.25, -0.2) is 0 Å². The molecule has 2 amide bonds. The van der Waals surface area contributed by atoms with Crippen molar-refractivity contribution in [2.24, 2.45) is 0 Å². The lowest BCUT2D eigenvalue weighted by Gasteiger charge is -2.31. The van der Waals surface area contributed by atoms with Gasteiger partial charge in [0.15, 0.2) is 0 Å². The molecule has 6 heteroatoms. The SMILES string of the molecule is O=C(NCCc1ccccc1)c1cccc(OC2CCN(C(=O)CO)CC2)c1. The summed E-state index contributed by atoms with van der Waals surface area (Å²) >= 11 is 0. The van der Waals surface area contributed by atoms with Gasteiger partial charge in [0.05, 0.1) is 0 Å². The standard InChI is InChI=1S/C22H26N2O4/c25-16-21(26)24-13-10-19(11-14-24)28-20-8-4-7-18(15-20)22(27)23-12-9-17-5-2-1-3-6-17/h1-8,15,19,25H,9-14,16H2,(H,23,27). The second-order valence-electron chi connectivity index (χ2n) is 6.88. The highest BCUT2D eigenvalue weighted by molar-refractivity contribution is 5.94. The van der Waals surface area contributed by atoms with Crippen LogP contribution in [0.25, 0.3) is 0 Å². The van der Waals surface area contributed by atoms with Gasteiger partial charge in [-0.2, -0.15) is 0 Å². The molecular formula is C22H26N2O4. The maximum Gasteiger partial charge on any atom is 0.251 e. The van der Waals surface area contributed by atoms with Crippen LogP contribution in [-0.4, -0.2) is 54.2 Å². The summed E-state index contributed by atoms with van der Waals surface area (Å²) in [6, 6.07) is 17.2. The van der Waals surface area contributed by atoms with E-state index in [2.05, 4.69) is 5.32 Å². The number of hydrogen-bond donors (Lipinski definition) is 2. The van der Waals surface area contributed by atoms with Crippen LogP contribution in [0.1, 0.15) is 28.8 Å². The Morgan fingerprint density at radius 2 is 1.82 bits per heavy atom. The number of likely N-dealkylation sites (tertiary alicyclic amines) is 1. The number of benzene rings is 2. The molecule has 1 heterocycles. The molecule has 0 saturated carbocycles. The number of piperidine rings is 1. The van der Waals surface area contributed by atoms with E-state index in [1.54, 1.807) is 17.0 Å². The summed E-state index contributed by atoms with van der Waals surface area (Å²) in [4.78, 5) is 25.6. The van der Waals surface area contributed by atoms with Crippen LogP contribution in [0.2, 0.25) is 0 Å². The van der Waals surface area contributed by atoms with Crippen LogP contribution in [0.15, 0.2) is 54.6 Å². The monoisotopic (exact) mass is 382 g/mol. The van der Waals surface area contributed by atoms with Crippen molar-refractivity contribution >= 4 is 11.8 Å². The van der Waals surface area contributed by atoms with Crippen molar-refractivity contribution in [3.05, 3.63) is 65.7 Å². The van der Waals surface area contributed by atoms with Crippen LogP contribution in [0.3, 0.4) is 0 Å². The minimum absolute atomic E-state index is 0.000801. The van der Waals surface area contributed by atoms with Crippen LogP contribution in [-0.2, 0) is 11.2 Å². The Kier molecular flexibility index (Phi) is 7.03. The third kappa shape index (κ3) is 5.57. The molecule has 0 atom stereocenters. The Morgan fingerprint density at radius 1 is 1.07 bits per heavy atom. The molecular weight excluding hydrogens is 356 g/mol. The van der Waals surface area contributed by atoms with Crippen molar-refractivity contribution in [1.82, 2.24) is 10.2 Å². The van der Waals surface area contributed by atoms with Crippen molar-refractivity contribution in [1.29, 1.82) is 0 Å². The van der Waals surface area contributed by atoms with Gasteiger partial charge in [-0.1, -0.05) is 36.4 Å². The molecule has 1 aliphatic rings. The molecule has 0 unspecified atom stereocenters. The Labute approximate surface area is 165 Å².